The van der Waals surface area contributed by atoms with Crippen LogP contribution in [-0.4, -0.2) is 50.0 Å². The number of amides is 2. The third-order valence-corrected chi connectivity index (χ3v) is 7.04. The molecule has 35 heavy (non-hydrogen) atoms. The van der Waals surface area contributed by atoms with Crippen LogP contribution in [-0.2, 0) is 26.2 Å². The molecule has 2 amide bonds. The highest BCUT2D eigenvalue weighted by Crippen LogP contribution is 2.28. The lowest BCUT2D eigenvalue weighted by Gasteiger charge is -2.32. The largest absolute Gasteiger partial charge is 0.352 e. The Morgan fingerprint density at radius 1 is 0.914 bits per heavy atom. The molecule has 1 N–H and O–H groups in total. The summed E-state index contributed by atoms with van der Waals surface area (Å²) in [4.78, 5) is 28.0. The molecule has 0 unspecified atom stereocenters. The minimum absolute atomic E-state index is 0.0939. The van der Waals surface area contributed by atoms with Crippen LogP contribution in [0.4, 0.5) is 5.69 Å². The van der Waals surface area contributed by atoms with Gasteiger partial charge in [-0.15, -0.1) is 0 Å². The normalized spacial score (nSPS) is 12.4. The average Bonchev–Trinajstić information content (AvgIpc) is 2.80. The predicted molar refractivity (Wildman–Crippen MR) is 141 cm³/mol. The summed E-state index contributed by atoms with van der Waals surface area (Å²) in [5.74, 6) is -0.754. The van der Waals surface area contributed by atoms with Crippen molar-refractivity contribution in [2.45, 2.75) is 46.3 Å². The van der Waals surface area contributed by atoms with E-state index in [1.165, 1.54) is 4.90 Å². The maximum absolute atomic E-state index is 13.7. The fourth-order valence-corrected chi connectivity index (χ4v) is 4.84. The molecule has 3 aromatic rings. The van der Waals surface area contributed by atoms with Gasteiger partial charge in [0.05, 0.1) is 11.9 Å². The van der Waals surface area contributed by atoms with Gasteiger partial charge in [-0.2, -0.15) is 0 Å². The molecule has 0 aromatic heterocycles. The minimum atomic E-state index is -3.80. The van der Waals surface area contributed by atoms with Crippen LogP contribution in [0.3, 0.4) is 0 Å². The number of hydrogen-bond donors (Lipinski definition) is 1. The SMILES string of the molecule is Cc1ccccc1CN(C(=O)CN(c1cccc2ccccc12)S(C)(=O)=O)[C@H](C)C(=O)NC(C)C. The van der Waals surface area contributed by atoms with Gasteiger partial charge in [0.15, 0.2) is 0 Å². The van der Waals surface area contributed by atoms with Gasteiger partial charge in [-0.25, -0.2) is 8.42 Å². The van der Waals surface area contributed by atoms with Crippen molar-refractivity contribution in [3.8, 4) is 0 Å². The first kappa shape index (κ1) is 26.2. The number of hydrogen-bond acceptors (Lipinski definition) is 4. The number of carbonyl (C=O) groups is 2. The van der Waals surface area contributed by atoms with E-state index < -0.39 is 28.5 Å². The summed E-state index contributed by atoms with van der Waals surface area (Å²) in [7, 11) is -3.80. The van der Waals surface area contributed by atoms with Crippen molar-refractivity contribution < 1.29 is 18.0 Å². The van der Waals surface area contributed by atoms with E-state index in [9.17, 15) is 18.0 Å². The summed E-state index contributed by atoms with van der Waals surface area (Å²) in [5, 5.41) is 4.45. The van der Waals surface area contributed by atoms with Crippen molar-refractivity contribution in [1.82, 2.24) is 10.2 Å². The van der Waals surface area contributed by atoms with Gasteiger partial charge in [-0.1, -0.05) is 60.7 Å². The zero-order chi connectivity index (χ0) is 25.8. The number of fused-ring (bicyclic) bond motifs is 1. The molecule has 0 bridgehead atoms. The molecule has 1 atom stereocenters. The molecule has 3 aromatic carbocycles. The van der Waals surface area contributed by atoms with Crippen LogP contribution in [0.1, 0.15) is 31.9 Å². The zero-order valence-corrected chi connectivity index (χ0v) is 21.7. The summed E-state index contributed by atoms with van der Waals surface area (Å²) in [6.45, 7) is 7.07. The van der Waals surface area contributed by atoms with Gasteiger partial charge in [0.2, 0.25) is 21.8 Å². The molecule has 0 saturated carbocycles. The fraction of sp³-hybridized carbons (Fsp3) is 0.333. The lowest BCUT2D eigenvalue weighted by molar-refractivity contribution is -0.139. The second kappa shape index (κ2) is 10.9. The van der Waals surface area contributed by atoms with Crippen LogP contribution in [0, 0.1) is 6.92 Å². The highest BCUT2D eigenvalue weighted by atomic mass is 32.2. The maximum Gasteiger partial charge on any atom is 0.244 e. The molecule has 3 rings (SSSR count). The number of carbonyl (C=O) groups excluding carboxylic acids is 2. The molecule has 0 heterocycles. The van der Waals surface area contributed by atoms with Gasteiger partial charge >= 0.3 is 0 Å². The van der Waals surface area contributed by atoms with E-state index in [4.69, 9.17) is 0 Å². The van der Waals surface area contributed by atoms with Crippen LogP contribution in [0.5, 0.6) is 0 Å². The second-order valence-corrected chi connectivity index (χ2v) is 11.0. The molecule has 0 aliphatic heterocycles. The Morgan fingerprint density at radius 2 is 1.54 bits per heavy atom. The Kier molecular flexibility index (Phi) is 8.17. The third-order valence-electron chi connectivity index (χ3n) is 5.91. The Hall–Kier alpha value is -3.39. The van der Waals surface area contributed by atoms with E-state index >= 15 is 0 Å². The van der Waals surface area contributed by atoms with Crippen LogP contribution in [0.2, 0.25) is 0 Å². The number of sulfonamides is 1. The lowest BCUT2D eigenvalue weighted by Crippen LogP contribution is -2.52. The molecule has 0 saturated heterocycles. The monoisotopic (exact) mass is 495 g/mol. The van der Waals surface area contributed by atoms with E-state index in [1.54, 1.807) is 19.1 Å². The quantitative estimate of drug-likeness (QED) is 0.488. The van der Waals surface area contributed by atoms with Crippen LogP contribution < -0.4 is 9.62 Å². The molecule has 0 spiro atoms. The van der Waals surface area contributed by atoms with Crippen molar-refractivity contribution in [3.63, 3.8) is 0 Å². The third kappa shape index (κ3) is 6.39. The second-order valence-electron chi connectivity index (χ2n) is 9.06. The average molecular weight is 496 g/mol. The number of anilines is 1. The summed E-state index contributed by atoms with van der Waals surface area (Å²) >= 11 is 0. The summed E-state index contributed by atoms with van der Waals surface area (Å²) < 4.78 is 26.9. The fourth-order valence-electron chi connectivity index (χ4n) is 3.98. The number of nitrogens with zero attached hydrogens (tertiary/aromatic N) is 2. The summed E-state index contributed by atoms with van der Waals surface area (Å²) in [6, 6.07) is 19.5. The van der Waals surface area contributed by atoms with Crippen LogP contribution in [0.25, 0.3) is 10.8 Å². The Bertz CT molecular complexity index is 1320. The number of aryl methyl sites for hydroxylation is 1. The van der Waals surface area contributed by atoms with Crippen molar-refractivity contribution in [2.75, 3.05) is 17.1 Å². The van der Waals surface area contributed by atoms with E-state index in [1.807, 2.05) is 75.4 Å². The first-order chi connectivity index (χ1) is 16.5. The van der Waals surface area contributed by atoms with E-state index in [-0.39, 0.29) is 18.5 Å². The van der Waals surface area contributed by atoms with Crippen LogP contribution >= 0.6 is 0 Å². The highest BCUT2D eigenvalue weighted by molar-refractivity contribution is 7.92. The first-order valence-electron chi connectivity index (χ1n) is 11.6. The number of benzene rings is 3. The summed E-state index contributed by atoms with van der Waals surface area (Å²) in [5.41, 5.74) is 2.30. The molecule has 0 radical (unpaired) electrons. The van der Waals surface area contributed by atoms with E-state index in [0.29, 0.717) is 5.69 Å². The predicted octanol–water partition coefficient (Wildman–Crippen LogP) is 3.86. The minimum Gasteiger partial charge on any atom is -0.352 e. The topological polar surface area (TPSA) is 86.8 Å². The van der Waals surface area contributed by atoms with Gasteiger partial charge in [-0.05, 0) is 50.3 Å². The van der Waals surface area contributed by atoms with E-state index in [0.717, 1.165) is 32.5 Å². The number of rotatable bonds is 9. The van der Waals surface area contributed by atoms with E-state index in [2.05, 4.69) is 5.32 Å². The summed E-state index contributed by atoms with van der Waals surface area (Å²) in [6.07, 6.45) is 1.09. The smallest absolute Gasteiger partial charge is 0.244 e. The van der Waals surface area contributed by atoms with Gasteiger partial charge in [0.25, 0.3) is 0 Å². The Balaban J connectivity index is 2.01. The Labute approximate surface area is 207 Å². The maximum atomic E-state index is 13.7. The van der Waals surface area contributed by atoms with Gasteiger partial charge in [-0.3, -0.25) is 13.9 Å². The van der Waals surface area contributed by atoms with Crippen molar-refractivity contribution >= 4 is 38.3 Å². The molecule has 186 valence electrons. The molecule has 8 heteroatoms. The van der Waals surface area contributed by atoms with Gasteiger partial charge < -0.3 is 10.2 Å². The molecular formula is C27H33N3O4S. The molecule has 0 aliphatic rings. The standard InChI is InChI=1S/C27H33N3O4S/c1-19(2)28-27(32)21(4)29(17-23-13-7-6-11-20(23)3)26(31)18-30(35(5,33)34)25-16-10-14-22-12-8-9-15-24(22)25/h6-16,19,21H,17-18H2,1-5H3,(H,28,32)/t21-/m1/s1. The molecule has 0 aliphatic carbocycles. The molecule has 7 nitrogen and oxygen atoms in total. The van der Waals surface area contributed by atoms with Crippen LogP contribution in [0.15, 0.2) is 66.7 Å². The van der Waals surface area contributed by atoms with Crippen molar-refractivity contribution in [2.24, 2.45) is 0 Å². The first-order valence-corrected chi connectivity index (χ1v) is 13.4. The molecule has 0 fully saturated rings. The van der Waals surface area contributed by atoms with Gasteiger partial charge in [0, 0.05) is 18.0 Å². The zero-order valence-electron chi connectivity index (χ0n) is 20.9. The lowest BCUT2D eigenvalue weighted by atomic mass is 10.1. The number of nitrogens with one attached hydrogen (secondary N) is 1. The highest BCUT2D eigenvalue weighted by Gasteiger charge is 2.31. The van der Waals surface area contributed by atoms with Gasteiger partial charge in [0.1, 0.15) is 12.6 Å². The van der Waals surface area contributed by atoms with Crippen molar-refractivity contribution in [3.05, 3.63) is 77.9 Å². The van der Waals surface area contributed by atoms with Crippen molar-refractivity contribution in [1.29, 1.82) is 0 Å². The molecular weight excluding hydrogens is 462 g/mol. The Morgan fingerprint density at radius 3 is 2.20 bits per heavy atom.